The number of sulfonamides is 1. The van der Waals surface area contributed by atoms with E-state index < -0.39 is 21.7 Å². The van der Waals surface area contributed by atoms with E-state index in [9.17, 15) is 17.2 Å². The summed E-state index contributed by atoms with van der Waals surface area (Å²) in [7, 11) is -2.36. The average molecular weight is 312 g/mol. The van der Waals surface area contributed by atoms with Gasteiger partial charge in [0.2, 0.25) is 10.0 Å². The summed E-state index contributed by atoms with van der Waals surface area (Å²) in [6.07, 6.45) is 2.31. The van der Waals surface area contributed by atoms with Crippen molar-refractivity contribution in [1.82, 2.24) is 4.31 Å². The minimum Gasteiger partial charge on any atom is -0.207 e. The minimum absolute atomic E-state index is 0.244. The number of nitrogens with zero attached hydrogens (tertiary/aromatic N) is 1. The Labute approximate surface area is 117 Å². The van der Waals surface area contributed by atoms with Crippen molar-refractivity contribution in [2.75, 3.05) is 19.5 Å². The van der Waals surface area contributed by atoms with Crippen LogP contribution in [-0.2, 0) is 10.0 Å². The van der Waals surface area contributed by atoms with Crippen LogP contribution in [0.15, 0.2) is 23.1 Å². The van der Waals surface area contributed by atoms with Crippen molar-refractivity contribution < 1.29 is 17.2 Å². The Morgan fingerprint density at radius 2 is 1.84 bits per heavy atom. The summed E-state index contributed by atoms with van der Waals surface area (Å²) in [5.74, 6) is -1.69. The van der Waals surface area contributed by atoms with Gasteiger partial charge in [-0.15, -0.1) is 11.6 Å². The molecule has 0 aliphatic carbocycles. The van der Waals surface area contributed by atoms with E-state index in [4.69, 9.17) is 11.6 Å². The Kier molecular flexibility index (Phi) is 6.16. The first-order valence-electron chi connectivity index (χ1n) is 5.87. The van der Waals surface area contributed by atoms with Crippen LogP contribution in [0.3, 0.4) is 0 Å². The van der Waals surface area contributed by atoms with Crippen LogP contribution in [0.4, 0.5) is 8.78 Å². The van der Waals surface area contributed by atoms with Gasteiger partial charge in [0.05, 0.1) is 4.90 Å². The standard InChI is InChI=1S/C12H16ClF2NO2S/c1-16(8-4-2-3-7-13)19(17,18)10-5-6-11(14)12(15)9-10/h5-6,9H,2-4,7-8H2,1H3. The van der Waals surface area contributed by atoms with Gasteiger partial charge < -0.3 is 0 Å². The summed E-state index contributed by atoms with van der Waals surface area (Å²) in [6, 6.07) is 2.56. The number of hydrogen-bond acceptors (Lipinski definition) is 2. The normalized spacial score (nSPS) is 12.1. The van der Waals surface area contributed by atoms with Crippen molar-refractivity contribution >= 4 is 21.6 Å². The molecule has 0 aromatic heterocycles. The lowest BCUT2D eigenvalue weighted by Crippen LogP contribution is -2.28. The van der Waals surface area contributed by atoms with Crippen LogP contribution in [0, 0.1) is 11.6 Å². The maximum atomic E-state index is 13.1. The lowest BCUT2D eigenvalue weighted by atomic mass is 10.2. The number of halogens is 3. The topological polar surface area (TPSA) is 37.4 Å². The van der Waals surface area contributed by atoms with Crippen molar-refractivity contribution in [3.05, 3.63) is 29.8 Å². The Hall–Kier alpha value is -0.720. The molecule has 0 N–H and O–H groups in total. The molecule has 0 bridgehead atoms. The molecule has 0 fully saturated rings. The van der Waals surface area contributed by atoms with Crippen LogP contribution in [0.25, 0.3) is 0 Å². The van der Waals surface area contributed by atoms with Crippen LogP contribution in [0.5, 0.6) is 0 Å². The predicted octanol–water partition coefficient (Wildman–Crippen LogP) is 2.99. The zero-order chi connectivity index (χ0) is 14.5. The van der Waals surface area contributed by atoms with Crippen molar-refractivity contribution in [2.45, 2.75) is 24.2 Å². The van der Waals surface area contributed by atoms with Gasteiger partial charge in [0.1, 0.15) is 0 Å². The molecule has 0 radical (unpaired) electrons. The number of unbranched alkanes of at least 4 members (excludes halogenated alkanes) is 2. The summed E-state index contributed by atoms with van der Waals surface area (Å²) in [5, 5.41) is 0. The molecule has 3 nitrogen and oxygen atoms in total. The largest absolute Gasteiger partial charge is 0.242 e. The molecule has 0 saturated heterocycles. The van der Waals surface area contributed by atoms with Gasteiger partial charge in [0.25, 0.3) is 0 Å². The molecule has 0 heterocycles. The van der Waals surface area contributed by atoms with Gasteiger partial charge in [-0.3, -0.25) is 0 Å². The number of benzene rings is 1. The van der Waals surface area contributed by atoms with E-state index in [1.54, 1.807) is 0 Å². The third-order valence-electron chi connectivity index (χ3n) is 2.71. The Morgan fingerprint density at radius 1 is 1.16 bits per heavy atom. The average Bonchev–Trinajstić information content (AvgIpc) is 2.37. The fraction of sp³-hybridized carbons (Fsp3) is 0.500. The molecule has 0 atom stereocenters. The van der Waals surface area contributed by atoms with Gasteiger partial charge in [-0.2, -0.15) is 0 Å². The first kappa shape index (κ1) is 16.3. The molecule has 0 aliphatic heterocycles. The van der Waals surface area contributed by atoms with E-state index in [0.717, 1.165) is 29.3 Å². The highest BCUT2D eigenvalue weighted by Crippen LogP contribution is 2.17. The molecule has 19 heavy (non-hydrogen) atoms. The first-order valence-corrected chi connectivity index (χ1v) is 7.84. The maximum absolute atomic E-state index is 13.1. The molecular weight excluding hydrogens is 296 g/mol. The molecule has 108 valence electrons. The molecule has 1 rings (SSSR count). The highest BCUT2D eigenvalue weighted by Gasteiger charge is 2.21. The van der Waals surface area contributed by atoms with E-state index in [2.05, 4.69) is 0 Å². The van der Waals surface area contributed by atoms with E-state index >= 15 is 0 Å². The van der Waals surface area contributed by atoms with Crippen molar-refractivity contribution in [3.8, 4) is 0 Å². The summed E-state index contributed by atoms with van der Waals surface area (Å²) in [4.78, 5) is -0.244. The summed E-state index contributed by atoms with van der Waals surface area (Å²) in [6.45, 7) is 0.318. The molecule has 0 saturated carbocycles. The number of rotatable bonds is 7. The fourth-order valence-electron chi connectivity index (χ4n) is 1.54. The molecule has 0 spiro atoms. The highest BCUT2D eigenvalue weighted by molar-refractivity contribution is 7.89. The van der Waals surface area contributed by atoms with Crippen molar-refractivity contribution in [3.63, 3.8) is 0 Å². The highest BCUT2D eigenvalue weighted by atomic mass is 35.5. The minimum atomic E-state index is -3.77. The predicted molar refractivity (Wildman–Crippen MR) is 70.7 cm³/mol. The lowest BCUT2D eigenvalue weighted by molar-refractivity contribution is 0.452. The van der Waals surface area contributed by atoms with Gasteiger partial charge >= 0.3 is 0 Å². The second-order valence-corrected chi connectivity index (χ2v) is 6.57. The van der Waals surface area contributed by atoms with E-state index in [1.165, 1.54) is 7.05 Å². The smallest absolute Gasteiger partial charge is 0.207 e. The van der Waals surface area contributed by atoms with E-state index in [0.29, 0.717) is 24.9 Å². The van der Waals surface area contributed by atoms with Crippen molar-refractivity contribution in [1.29, 1.82) is 0 Å². The van der Waals surface area contributed by atoms with Gasteiger partial charge in [-0.25, -0.2) is 21.5 Å². The third-order valence-corrected chi connectivity index (χ3v) is 4.83. The van der Waals surface area contributed by atoms with Gasteiger partial charge in [-0.05, 0) is 31.0 Å². The summed E-state index contributed by atoms with van der Waals surface area (Å²) >= 11 is 5.53. The molecule has 1 aromatic carbocycles. The molecule has 7 heteroatoms. The second-order valence-electron chi connectivity index (χ2n) is 4.15. The van der Waals surface area contributed by atoms with Gasteiger partial charge in [-0.1, -0.05) is 6.42 Å². The Bertz CT molecular complexity index is 522. The van der Waals surface area contributed by atoms with Crippen molar-refractivity contribution in [2.24, 2.45) is 0 Å². The van der Waals surface area contributed by atoms with E-state index in [-0.39, 0.29) is 4.90 Å². The quantitative estimate of drug-likeness (QED) is 0.573. The Morgan fingerprint density at radius 3 is 2.42 bits per heavy atom. The van der Waals surface area contributed by atoms with E-state index in [1.807, 2.05) is 0 Å². The summed E-state index contributed by atoms with van der Waals surface area (Å²) < 4.78 is 51.1. The van der Waals surface area contributed by atoms with Gasteiger partial charge in [0.15, 0.2) is 11.6 Å². The van der Waals surface area contributed by atoms with Crippen LogP contribution in [0.1, 0.15) is 19.3 Å². The number of hydrogen-bond donors (Lipinski definition) is 0. The molecule has 1 aromatic rings. The molecule has 0 unspecified atom stereocenters. The third kappa shape index (κ3) is 4.40. The van der Waals surface area contributed by atoms with Crippen LogP contribution >= 0.6 is 11.6 Å². The second kappa shape index (κ2) is 7.17. The van der Waals surface area contributed by atoms with Crippen LogP contribution in [-0.4, -0.2) is 32.2 Å². The molecule has 0 amide bonds. The first-order chi connectivity index (χ1) is 8.89. The molecule has 0 aliphatic rings. The zero-order valence-electron chi connectivity index (χ0n) is 10.6. The lowest BCUT2D eigenvalue weighted by Gasteiger charge is -2.17. The Balaban J connectivity index is 2.76. The van der Waals surface area contributed by atoms with Crippen LogP contribution in [0.2, 0.25) is 0 Å². The molecular formula is C12H16ClF2NO2S. The fourth-order valence-corrected chi connectivity index (χ4v) is 2.95. The zero-order valence-corrected chi connectivity index (χ0v) is 12.1. The number of alkyl halides is 1. The monoisotopic (exact) mass is 311 g/mol. The van der Waals surface area contributed by atoms with Gasteiger partial charge in [0, 0.05) is 19.5 Å². The van der Waals surface area contributed by atoms with Crippen LogP contribution < -0.4 is 0 Å². The maximum Gasteiger partial charge on any atom is 0.242 e. The summed E-state index contributed by atoms with van der Waals surface area (Å²) in [5.41, 5.74) is 0. The SMILES string of the molecule is CN(CCCCCCl)S(=O)(=O)c1ccc(F)c(F)c1.